The fourth-order valence-corrected chi connectivity index (χ4v) is 2.07. The maximum atomic E-state index is 9.03. The molecule has 3 nitrogen and oxygen atoms in total. The van der Waals surface area contributed by atoms with Crippen molar-refractivity contribution < 1.29 is 14.6 Å². The van der Waals surface area contributed by atoms with E-state index in [4.69, 9.17) is 14.6 Å². The molecule has 0 bridgehead atoms. The smallest absolute Gasteiger partial charge is 0.158 e. The molecule has 3 heteroatoms. The molecule has 0 amide bonds. The molecule has 2 rings (SSSR count). The van der Waals surface area contributed by atoms with Crippen molar-refractivity contribution in [2.75, 3.05) is 13.2 Å². The van der Waals surface area contributed by atoms with Gasteiger partial charge in [0, 0.05) is 0 Å². The Morgan fingerprint density at radius 1 is 1.24 bits per heavy atom. The van der Waals surface area contributed by atoms with Crippen molar-refractivity contribution in [1.82, 2.24) is 0 Å². The lowest BCUT2D eigenvalue weighted by molar-refractivity contribution is -0.200. The average Bonchev–Trinajstić information content (AvgIpc) is 2.40. The van der Waals surface area contributed by atoms with Crippen molar-refractivity contribution >= 4 is 0 Å². The lowest BCUT2D eigenvalue weighted by atomic mass is 10.1. The second-order valence-electron chi connectivity index (χ2n) is 4.41. The van der Waals surface area contributed by atoms with Crippen LogP contribution in [0.3, 0.4) is 0 Å². The fourth-order valence-electron chi connectivity index (χ4n) is 2.07. The quantitative estimate of drug-likeness (QED) is 0.851. The first-order chi connectivity index (χ1) is 8.38. The molecule has 1 saturated heterocycles. The summed E-state index contributed by atoms with van der Waals surface area (Å²) >= 11 is 0. The lowest BCUT2D eigenvalue weighted by Gasteiger charge is -2.28. The predicted octanol–water partition coefficient (Wildman–Crippen LogP) is 2.13. The van der Waals surface area contributed by atoms with E-state index in [0.717, 1.165) is 25.7 Å². The van der Waals surface area contributed by atoms with Crippen LogP contribution in [-0.4, -0.2) is 30.7 Å². The molecule has 1 aromatic carbocycles. The lowest BCUT2D eigenvalue weighted by Crippen LogP contribution is -2.32. The van der Waals surface area contributed by atoms with Crippen LogP contribution >= 0.6 is 0 Å². The highest BCUT2D eigenvalue weighted by Gasteiger charge is 2.21. The van der Waals surface area contributed by atoms with E-state index in [1.165, 1.54) is 5.56 Å². The molecule has 1 aromatic rings. The summed E-state index contributed by atoms with van der Waals surface area (Å²) in [5.41, 5.74) is 1.28. The Bertz CT molecular complexity index is 313. The molecule has 0 aromatic heterocycles. The third-order valence-corrected chi connectivity index (χ3v) is 3.05. The number of aliphatic hydroxyl groups is 1. The highest BCUT2D eigenvalue weighted by atomic mass is 16.7. The van der Waals surface area contributed by atoms with Crippen molar-refractivity contribution in [2.45, 2.75) is 38.1 Å². The van der Waals surface area contributed by atoms with Crippen LogP contribution in [0.4, 0.5) is 0 Å². The maximum absolute atomic E-state index is 9.03. The molecular weight excluding hydrogens is 216 g/mol. The predicted molar refractivity (Wildman–Crippen MR) is 65.7 cm³/mol. The minimum absolute atomic E-state index is 0.0366. The summed E-state index contributed by atoms with van der Waals surface area (Å²) in [7, 11) is 0. The molecule has 2 unspecified atom stereocenters. The monoisotopic (exact) mass is 236 g/mol. The summed E-state index contributed by atoms with van der Waals surface area (Å²) in [5.74, 6) is 0. The Morgan fingerprint density at radius 3 is 2.82 bits per heavy atom. The van der Waals surface area contributed by atoms with Gasteiger partial charge in [0.2, 0.25) is 0 Å². The number of rotatable bonds is 5. The van der Waals surface area contributed by atoms with Gasteiger partial charge in [0.1, 0.15) is 0 Å². The van der Waals surface area contributed by atoms with Crippen molar-refractivity contribution in [3.8, 4) is 0 Å². The van der Waals surface area contributed by atoms with E-state index < -0.39 is 0 Å². The van der Waals surface area contributed by atoms with Crippen LogP contribution in [0.15, 0.2) is 30.3 Å². The van der Waals surface area contributed by atoms with Gasteiger partial charge in [0.05, 0.1) is 19.3 Å². The van der Waals surface area contributed by atoms with E-state index in [-0.39, 0.29) is 19.0 Å². The zero-order valence-electron chi connectivity index (χ0n) is 10.0. The summed E-state index contributed by atoms with van der Waals surface area (Å²) < 4.78 is 11.3. The molecule has 2 atom stereocenters. The van der Waals surface area contributed by atoms with Gasteiger partial charge in [-0.25, -0.2) is 0 Å². The fraction of sp³-hybridized carbons (Fsp3) is 0.571. The first-order valence-electron chi connectivity index (χ1n) is 6.30. The number of hydrogen-bond acceptors (Lipinski definition) is 3. The first-order valence-corrected chi connectivity index (χ1v) is 6.30. The highest BCUT2D eigenvalue weighted by molar-refractivity contribution is 5.14. The van der Waals surface area contributed by atoms with Crippen molar-refractivity contribution in [3.05, 3.63) is 35.9 Å². The summed E-state index contributed by atoms with van der Waals surface area (Å²) in [6.07, 6.45) is 3.68. The van der Waals surface area contributed by atoms with Gasteiger partial charge in [-0.15, -0.1) is 0 Å². The second kappa shape index (κ2) is 6.74. The molecule has 17 heavy (non-hydrogen) atoms. The Balaban J connectivity index is 1.68. The Hall–Kier alpha value is -0.900. The second-order valence-corrected chi connectivity index (χ2v) is 4.41. The normalized spacial score (nSPS) is 24.8. The van der Waals surface area contributed by atoms with Gasteiger partial charge in [-0.3, -0.25) is 0 Å². The minimum Gasteiger partial charge on any atom is -0.394 e. The number of ether oxygens (including phenoxy) is 2. The number of aliphatic hydroxyl groups excluding tert-OH is 1. The minimum atomic E-state index is -0.135. The molecule has 0 aliphatic carbocycles. The third-order valence-electron chi connectivity index (χ3n) is 3.05. The van der Waals surface area contributed by atoms with Gasteiger partial charge >= 0.3 is 0 Å². The van der Waals surface area contributed by atoms with E-state index in [9.17, 15) is 0 Å². The van der Waals surface area contributed by atoms with E-state index in [0.29, 0.717) is 6.61 Å². The van der Waals surface area contributed by atoms with Crippen molar-refractivity contribution in [1.29, 1.82) is 0 Å². The number of benzene rings is 1. The van der Waals surface area contributed by atoms with Crippen LogP contribution in [0.5, 0.6) is 0 Å². The summed E-state index contributed by atoms with van der Waals surface area (Å²) in [6.45, 7) is 0.769. The molecule has 94 valence electrons. The Kier molecular flexibility index (Phi) is 4.98. The van der Waals surface area contributed by atoms with Crippen molar-refractivity contribution in [3.63, 3.8) is 0 Å². The van der Waals surface area contributed by atoms with E-state index in [2.05, 4.69) is 12.1 Å². The molecule has 1 aliphatic heterocycles. The SMILES string of the molecule is OCC1CCCC(OCCc2ccccc2)O1. The van der Waals surface area contributed by atoms with Crippen LogP contribution in [0.25, 0.3) is 0 Å². The zero-order chi connectivity index (χ0) is 11.9. The van der Waals surface area contributed by atoms with E-state index in [1.54, 1.807) is 0 Å². The summed E-state index contributed by atoms with van der Waals surface area (Å²) in [4.78, 5) is 0. The zero-order valence-corrected chi connectivity index (χ0v) is 10.0. The molecule has 1 heterocycles. The van der Waals surface area contributed by atoms with Crippen LogP contribution in [0.2, 0.25) is 0 Å². The standard InChI is InChI=1S/C14H20O3/c15-11-13-7-4-8-14(17-13)16-10-9-12-5-2-1-3-6-12/h1-3,5-6,13-15H,4,7-11H2. The summed E-state index contributed by atoms with van der Waals surface area (Å²) in [6, 6.07) is 10.3. The van der Waals surface area contributed by atoms with E-state index in [1.807, 2.05) is 18.2 Å². The average molecular weight is 236 g/mol. The van der Waals surface area contributed by atoms with E-state index >= 15 is 0 Å². The Labute approximate surface area is 102 Å². The topological polar surface area (TPSA) is 38.7 Å². The summed E-state index contributed by atoms with van der Waals surface area (Å²) in [5, 5.41) is 9.03. The number of hydrogen-bond donors (Lipinski definition) is 1. The van der Waals surface area contributed by atoms with Gasteiger partial charge < -0.3 is 14.6 Å². The molecule has 1 aliphatic rings. The maximum Gasteiger partial charge on any atom is 0.158 e. The molecule has 0 saturated carbocycles. The van der Waals surface area contributed by atoms with Gasteiger partial charge in [-0.1, -0.05) is 30.3 Å². The van der Waals surface area contributed by atoms with Crippen LogP contribution in [-0.2, 0) is 15.9 Å². The van der Waals surface area contributed by atoms with Gasteiger partial charge in [-0.05, 0) is 31.2 Å². The first kappa shape index (κ1) is 12.6. The Morgan fingerprint density at radius 2 is 2.06 bits per heavy atom. The molecular formula is C14H20O3. The van der Waals surface area contributed by atoms with Crippen LogP contribution in [0, 0.1) is 0 Å². The van der Waals surface area contributed by atoms with Crippen LogP contribution in [0.1, 0.15) is 24.8 Å². The molecule has 0 radical (unpaired) electrons. The largest absolute Gasteiger partial charge is 0.394 e. The van der Waals surface area contributed by atoms with Gasteiger partial charge in [-0.2, -0.15) is 0 Å². The van der Waals surface area contributed by atoms with Crippen molar-refractivity contribution in [2.24, 2.45) is 0 Å². The molecule has 1 fully saturated rings. The molecule has 0 spiro atoms. The van der Waals surface area contributed by atoms with Crippen LogP contribution < -0.4 is 0 Å². The van der Waals surface area contributed by atoms with Gasteiger partial charge in [0.15, 0.2) is 6.29 Å². The highest BCUT2D eigenvalue weighted by Crippen LogP contribution is 2.19. The van der Waals surface area contributed by atoms with Gasteiger partial charge in [0.25, 0.3) is 0 Å². The third kappa shape index (κ3) is 4.11. The molecule has 1 N–H and O–H groups in total.